The summed E-state index contributed by atoms with van der Waals surface area (Å²) in [5, 5.41) is 17.1. The van der Waals surface area contributed by atoms with Gasteiger partial charge in [-0.15, -0.1) is 0 Å². The third-order valence-corrected chi connectivity index (χ3v) is 5.88. The fourth-order valence-corrected chi connectivity index (χ4v) is 3.84. The molecule has 0 heterocycles. The Morgan fingerprint density at radius 1 is 0.730 bits per heavy atom. The molecular weight excluding hydrogens is 474 g/mol. The minimum absolute atomic E-state index is 0.0470. The molecule has 0 saturated carbocycles. The van der Waals surface area contributed by atoms with E-state index >= 15 is 0 Å². The van der Waals surface area contributed by atoms with Gasteiger partial charge in [0.1, 0.15) is 11.6 Å². The Labute approximate surface area is 224 Å². The maximum atomic E-state index is 12.5. The van der Waals surface area contributed by atoms with Gasteiger partial charge in [0.15, 0.2) is 0 Å². The van der Waals surface area contributed by atoms with Crippen molar-refractivity contribution in [2.75, 3.05) is 13.1 Å². The molecule has 3 amide bonds. The fraction of sp³-hybridized carbons (Fsp3) is 0.857. The third-order valence-electron chi connectivity index (χ3n) is 5.88. The Morgan fingerprint density at radius 2 is 1.24 bits per heavy atom. The van der Waals surface area contributed by atoms with Crippen LogP contribution in [0.1, 0.15) is 130 Å². The molecule has 1 atom stereocenters. The number of nitrogens with one attached hydrogen (secondary N) is 3. The molecule has 0 aromatic carbocycles. The van der Waals surface area contributed by atoms with Gasteiger partial charge in [-0.25, -0.2) is 4.79 Å². The van der Waals surface area contributed by atoms with Gasteiger partial charge in [0.2, 0.25) is 11.8 Å². The van der Waals surface area contributed by atoms with Gasteiger partial charge in [0.05, 0.1) is 0 Å². The zero-order valence-electron chi connectivity index (χ0n) is 23.8. The second-order valence-corrected chi connectivity index (χ2v) is 10.8. The van der Waals surface area contributed by atoms with Crippen LogP contribution in [0.5, 0.6) is 0 Å². The van der Waals surface area contributed by atoms with Gasteiger partial charge in [-0.1, -0.05) is 71.1 Å². The zero-order valence-corrected chi connectivity index (χ0v) is 23.8. The van der Waals surface area contributed by atoms with E-state index in [0.29, 0.717) is 32.4 Å². The van der Waals surface area contributed by atoms with Crippen LogP contribution in [-0.2, 0) is 19.1 Å². The first-order valence-corrected chi connectivity index (χ1v) is 14.3. The monoisotopic (exact) mass is 527 g/mol. The second-order valence-electron chi connectivity index (χ2n) is 10.8. The van der Waals surface area contributed by atoms with Crippen molar-refractivity contribution in [1.82, 2.24) is 16.0 Å². The highest BCUT2D eigenvalue weighted by Crippen LogP contribution is 2.12. The number of carbonyl (C=O) groups excluding carboxylic acids is 3. The van der Waals surface area contributed by atoms with Gasteiger partial charge in [0.25, 0.3) is 0 Å². The largest absolute Gasteiger partial charge is 0.481 e. The minimum atomic E-state index is -1.01. The van der Waals surface area contributed by atoms with Crippen molar-refractivity contribution in [2.24, 2.45) is 0 Å². The molecule has 0 aromatic rings. The number of carboxylic acid groups (broad SMARTS) is 1. The first-order valence-electron chi connectivity index (χ1n) is 14.3. The standard InChI is InChI=1S/C28H53N3O6/c1-5-6-7-8-9-10-11-12-13-14-15-18-24(32)31-23(19-20-25(33)34)26(35)29-21-16-17-22-30-27(36)37-28(2,3)4/h23H,5-22H2,1-4H3,(H,29,35)(H,30,36)(H,31,32)(H,33,34). The average molecular weight is 528 g/mol. The van der Waals surface area contributed by atoms with Crippen LogP contribution in [0.15, 0.2) is 0 Å². The SMILES string of the molecule is CCCCCCCCCCCCCC(=O)NC(CCC(=O)O)C(=O)NCCCCNC(=O)OC(C)(C)C. The molecule has 0 rings (SSSR count). The minimum Gasteiger partial charge on any atom is -0.481 e. The molecule has 4 N–H and O–H groups in total. The molecule has 0 aromatic heterocycles. The van der Waals surface area contributed by atoms with Gasteiger partial charge in [-0.2, -0.15) is 0 Å². The first kappa shape index (κ1) is 34.7. The van der Waals surface area contributed by atoms with Gasteiger partial charge in [0, 0.05) is 25.9 Å². The molecule has 9 nitrogen and oxygen atoms in total. The van der Waals surface area contributed by atoms with Crippen LogP contribution in [0.4, 0.5) is 4.79 Å². The summed E-state index contributed by atoms with van der Waals surface area (Å²) >= 11 is 0. The van der Waals surface area contributed by atoms with E-state index in [-0.39, 0.29) is 24.7 Å². The predicted octanol–water partition coefficient (Wildman–Crippen LogP) is 5.46. The lowest BCUT2D eigenvalue weighted by Crippen LogP contribution is -2.47. The van der Waals surface area contributed by atoms with Crippen LogP contribution >= 0.6 is 0 Å². The summed E-state index contributed by atoms with van der Waals surface area (Å²) in [6.07, 6.45) is 14.1. The maximum Gasteiger partial charge on any atom is 0.407 e. The number of aliphatic carboxylic acids is 1. The van der Waals surface area contributed by atoms with Crippen LogP contribution in [0.25, 0.3) is 0 Å². The van der Waals surface area contributed by atoms with Crippen molar-refractivity contribution >= 4 is 23.9 Å². The molecule has 0 aliphatic heterocycles. The molecule has 216 valence electrons. The average Bonchev–Trinajstić information content (AvgIpc) is 2.80. The first-order chi connectivity index (χ1) is 17.5. The summed E-state index contributed by atoms with van der Waals surface area (Å²) in [6, 6.07) is -0.865. The summed E-state index contributed by atoms with van der Waals surface area (Å²) in [7, 11) is 0. The van der Waals surface area contributed by atoms with Crippen LogP contribution in [-0.4, -0.2) is 53.7 Å². The number of alkyl carbamates (subject to hydrolysis) is 1. The lowest BCUT2D eigenvalue weighted by molar-refractivity contribution is -0.138. The molecule has 9 heteroatoms. The molecule has 0 bridgehead atoms. The summed E-state index contributed by atoms with van der Waals surface area (Å²) < 4.78 is 5.16. The van der Waals surface area contributed by atoms with Crippen molar-refractivity contribution in [3.63, 3.8) is 0 Å². The topological polar surface area (TPSA) is 134 Å². The summed E-state index contributed by atoms with van der Waals surface area (Å²) in [5.74, 6) is -1.61. The van der Waals surface area contributed by atoms with Gasteiger partial charge < -0.3 is 25.8 Å². The number of carbonyl (C=O) groups is 4. The molecular formula is C28H53N3O6. The number of unbranched alkanes of at least 4 members (excludes halogenated alkanes) is 11. The Bertz CT molecular complexity index is 648. The molecule has 0 saturated heterocycles. The maximum absolute atomic E-state index is 12.5. The molecule has 37 heavy (non-hydrogen) atoms. The Kier molecular flexibility index (Phi) is 20.4. The zero-order chi connectivity index (χ0) is 27.9. The smallest absolute Gasteiger partial charge is 0.407 e. The lowest BCUT2D eigenvalue weighted by atomic mass is 10.0. The molecule has 0 radical (unpaired) electrons. The van der Waals surface area contributed by atoms with E-state index < -0.39 is 23.7 Å². The number of hydrogen-bond acceptors (Lipinski definition) is 5. The van der Waals surface area contributed by atoms with Crippen molar-refractivity contribution < 1.29 is 29.0 Å². The molecule has 0 aliphatic carbocycles. The number of hydrogen-bond donors (Lipinski definition) is 4. The Hall–Kier alpha value is -2.32. The van der Waals surface area contributed by atoms with E-state index in [9.17, 15) is 19.2 Å². The van der Waals surface area contributed by atoms with E-state index in [0.717, 1.165) is 19.3 Å². The lowest BCUT2D eigenvalue weighted by Gasteiger charge is -2.19. The molecule has 0 fully saturated rings. The van der Waals surface area contributed by atoms with E-state index in [4.69, 9.17) is 9.84 Å². The Balaban J connectivity index is 4.10. The highest BCUT2D eigenvalue weighted by Gasteiger charge is 2.21. The second kappa shape index (κ2) is 21.7. The molecule has 1 unspecified atom stereocenters. The predicted molar refractivity (Wildman–Crippen MR) is 146 cm³/mol. The molecule has 0 spiro atoms. The van der Waals surface area contributed by atoms with E-state index in [1.165, 1.54) is 51.4 Å². The fourth-order valence-electron chi connectivity index (χ4n) is 3.84. The molecule has 0 aliphatic rings. The van der Waals surface area contributed by atoms with Crippen molar-refractivity contribution in [3.05, 3.63) is 0 Å². The van der Waals surface area contributed by atoms with E-state index in [1.807, 2.05) is 0 Å². The number of ether oxygens (including phenoxy) is 1. The quantitative estimate of drug-likeness (QED) is 0.138. The highest BCUT2D eigenvalue weighted by atomic mass is 16.6. The van der Waals surface area contributed by atoms with Crippen LogP contribution in [0, 0.1) is 0 Å². The summed E-state index contributed by atoms with van der Waals surface area (Å²) in [5.41, 5.74) is -0.555. The van der Waals surface area contributed by atoms with Crippen molar-refractivity contribution in [3.8, 4) is 0 Å². The number of rotatable bonds is 22. The summed E-state index contributed by atoms with van der Waals surface area (Å²) in [4.78, 5) is 47.5. The Morgan fingerprint density at radius 3 is 1.76 bits per heavy atom. The van der Waals surface area contributed by atoms with Crippen LogP contribution in [0.3, 0.4) is 0 Å². The van der Waals surface area contributed by atoms with E-state index in [2.05, 4.69) is 22.9 Å². The van der Waals surface area contributed by atoms with Crippen molar-refractivity contribution in [2.45, 2.75) is 142 Å². The van der Waals surface area contributed by atoms with Gasteiger partial charge in [-0.3, -0.25) is 14.4 Å². The van der Waals surface area contributed by atoms with Gasteiger partial charge >= 0.3 is 12.1 Å². The van der Waals surface area contributed by atoms with Crippen LogP contribution in [0.2, 0.25) is 0 Å². The van der Waals surface area contributed by atoms with Crippen molar-refractivity contribution in [1.29, 1.82) is 0 Å². The van der Waals surface area contributed by atoms with E-state index in [1.54, 1.807) is 20.8 Å². The summed E-state index contributed by atoms with van der Waals surface area (Å²) in [6.45, 7) is 8.39. The number of carboxylic acids is 1. The highest BCUT2D eigenvalue weighted by molar-refractivity contribution is 5.88. The number of amides is 3. The van der Waals surface area contributed by atoms with Gasteiger partial charge in [-0.05, 0) is 46.5 Å². The van der Waals surface area contributed by atoms with Crippen LogP contribution < -0.4 is 16.0 Å². The normalized spacial score (nSPS) is 12.0. The third kappa shape index (κ3) is 23.8.